The second kappa shape index (κ2) is 7.29. The van der Waals surface area contributed by atoms with E-state index in [1.807, 2.05) is 13.0 Å². The van der Waals surface area contributed by atoms with Gasteiger partial charge in [0.2, 0.25) is 10.0 Å². The molecule has 1 heterocycles. The van der Waals surface area contributed by atoms with Gasteiger partial charge in [-0.05, 0) is 61.0 Å². The molecule has 0 amide bonds. The zero-order chi connectivity index (χ0) is 21.5. The van der Waals surface area contributed by atoms with Crippen LogP contribution in [0.1, 0.15) is 5.56 Å². The number of sulfonamides is 1. The molecule has 0 fully saturated rings. The lowest BCUT2D eigenvalue weighted by atomic mass is 10.1. The zero-order valence-corrected chi connectivity index (χ0v) is 16.7. The second-order valence-corrected chi connectivity index (χ2v) is 8.31. The van der Waals surface area contributed by atoms with Crippen LogP contribution in [0.15, 0.2) is 71.6 Å². The number of benzene rings is 3. The molecule has 1 aromatic heterocycles. The first-order valence-electron chi connectivity index (χ1n) is 8.93. The van der Waals surface area contributed by atoms with Crippen molar-refractivity contribution in [1.82, 2.24) is 14.8 Å². The van der Waals surface area contributed by atoms with Crippen LogP contribution >= 0.6 is 0 Å². The van der Waals surface area contributed by atoms with Crippen molar-refractivity contribution in [3.63, 3.8) is 0 Å². The Bertz CT molecular complexity index is 1350. The second-order valence-electron chi connectivity index (χ2n) is 6.75. The van der Waals surface area contributed by atoms with Gasteiger partial charge in [0.05, 0.1) is 21.7 Å². The molecule has 0 aliphatic carbocycles. The molecule has 4 aromatic rings. The van der Waals surface area contributed by atoms with E-state index in [9.17, 15) is 18.6 Å². The van der Waals surface area contributed by atoms with Crippen molar-refractivity contribution >= 4 is 10.0 Å². The number of aromatic hydroxyl groups is 2. The number of phenolic OH excluding ortho intramolecular Hbond substituents is 2. The van der Waals surface area contributed by atoms with Crippen LogP contribution in [0.5, 0.6) is 11.5 Å². The fraction of sp³-hybridized carbons (Fsp3) is 0.0476. The van der Waals surface area contributed by atoms with Crippen LogP contribution in [0.2, 0.25) is 0 Å². The fourth-order valence-corrected chi connectivity index (χ4v) is 3.57. The quantitative estimate of drug-likeness (QED) is 0.463. The summed E-state index contributed by atoms with van der Waals surface area (Å²) in [7, 11) is -3.84. The van der Waals surface area contributed by atoms with Gasteiger partial charge >= 0.3 is 0 Å². The molecule has 30 heavy (non-hydrogen) atoms. The predicted octanol–water partition coefficient (Wildman–Crippen LogP) is 2.97. The number of nitrogens with zero attached hydrogens (tertiary/aromatic N) is 3. The lowest BCUT2D eigenvalue weighted by molar-refractivity contribution is 0.476. The van der Waals surface area contributed by atoms with E-state index in [1.165, 1.54) is 35.0 Å². The van der Waals surface area contributed by atoms with Crippen molar-refractivity contribution in [2.75, 3.05) is 0 Å². The third-order valence-electron chi connectivity index (χ3n) is 4.56. The smallest absolute Gasteiger partial charge is 0.238 e. The molecule has 9 heteroatoms. The zero-order valence-electron chi connectivity index (χ0n) is 15.9. The average Bonchev–Trinajstić information content (AvgIpc) is 3.12. The van der Waals surface area contributed by atoms with Crippen LogP contribution in [0.4, 0.5) is 0 Å². The van der Waals surface area contributed by atoms with E-state index >= 15 is 0 Å². The molecule has 0 aliphatic rings. The molecule has 0 saturated carbocycles. The Morgan fingerprint density at radius 3 is 2.23 bits per heavy atom. The van der Waals surface area contributed by atoms with Gasteiger partial charge in [0.25, 0.3) is 0 Å². The summed E-state index contributed by atoms with van der Waals surface area (Å²) in [6, 6.07) is 17.6. The van der Waals surface area contributed by atoms with Crippen LogP contribution in [-0.4, -0.2) is 33.4 Å². The first kappa shape index (κ1) is 19.6. The lowest BCUT2D eigenvalue weighted by Gasteiger charge is -2.08. The summed E-state index contributed by atoms with van der Waals surface area (Å²) in [4.78, 5) is 4.50. The maximum atomic E-state index is 11.6. The van der Waals surface area contributed by atoms with Gasteiger partial charge in [0, 0.05) is 0 Å². The van der Waals surface area contributed by atoms with Gasteiger partial charge in [-0.3, -0.25) is 0 Å². The molecule has 8 nitrogen and oxygen atoms in total. The monoisotopic (exact) mass is 422 g/mol. The van der Waals surface area contributed by atoms with E-state index in [0.29, 0.717) is 22.6 Å². The molecular weight excluding hydrogens is 404 g/mol. The molecule has 3 aromatic carbocycles. The van der Waals surface area contributed by atoms with Gasteiger partial charge in [-0.2, -0.15) is 0 Å². The summed E-state index contributed by atoms with van der Waals surface area (Å²) in [5, 5.41) is 30.4. The standard InChI is InChI=1S/C21H18N4O4S/c1-13-6-11-16(19(27)12-13)20-23-21(17-4-2-3-5-18(17)26)25(24-20)14-7-9-15(10-8-14)30(22,28)29/h2-12,26-27H,1H3,(H2,22,28,29). The molecule has 0 spiro atoms. The highest BCUT2D eigenvalue weighted by Gasteiger charge is 2.19. The molecule has 0 bridgehead atoms. The first-order valence-corrected chi connectivity index (χ1v) is 10.5. The summed E-state index contributed by atoms with van der Waals surface area (Å²) in [6.45, 7) is 1.86. The molecule has 0 aliphatic heterocycles. The Kier molecular flexibility index (Phi) is 4.76. The van der Waals surface area contributed by atoms with Gasteiger partial charge in [-0.15, -0.1) is 5.10 Å². The molecule has 0 saturated heterocycles. The minimum absolute atomic E-state index is 0.00647. The maximum absolute atomic E-state index is 11.6. The summed E-state index contributed by atoms with van der Waals surface area (Å²) >= 11 is 0. The van der Waals surface area contributed by atoms with Gasteiger partial charge in [-0.25, -0.2) is 23.2 Å². The molecule has 0 unspecified atom stereocenters. The minimum Gasteiger partial charge on any atom is -0.507 e. The summed E-state index contributed by atoms with van der Waals surface area (Å²) in [6.07, 6.45) is 0. The Balaban J connectivity index is 1.92. The van der Waals surface area contributed by atoms with Crippen LogP contribution in [-0.2, 0) is 10.0 Å². The van der Waals surface area contributed by atoms with Crippen molar-refractivity contribution in [2.24, 2.45) is 5.14 Å². The van der Waals surface area contributed by atoms with Crippen LogP contribution < -0.4 is 5.14 Å². The van der Waals surface area contributed by atoms with E-state index in [4.69, 9.17) is 5.14 Å². The van der Waals surface area contributed by atoms with Crippen molar-refractivity contribution < 1.29 is 18.6 Å². The lowest BCUT2D eigenvalue weighted by Crippen LogP contribution is -2.12. The number of rotatable bonds is 4. The summed E-state index contributed by atoms with van der Waals surface area (Å²) < 4.78 is 24.6. The summed E-state index contributed by atoms with van der Waals surface area (Å²) in [5.41, 5.74) is 2.25. The SMILES string of the molecule is Cc1ccc(-c2nc(-c3ccccc3O)n(-c3ccc(S(N)(=O)=O)cc3)n2)c(O)c1. The molecule has 152 valence electrons. The van der Waals surface area contributed by atoms with Crippen molar-refractivity contribution in [3.8, 4) is 40.0 Å². The summed E-state index contributed by atoms with van der Waals surface area (Å²) in [5.74, 6) is 0.611. The highest BCUT2D eigenvalue weighted by Crippen LogP contribution is 2.34. The Morgan fingerprint density at radius 2 is 1.60 bits per heavy atom. The van der Waals surface area contributed by atoms with E-state index in [2.05, 4.69) is 10.1 Å². The fourth-order valence-electron chi connectivity index (χ4n) is 3.05. The first-order chi connectivity index (χ1) is 14.2. The van der Waals surface area contributed by atoms with Crippen LogP contribution in [0.3, 0.4) is 0 Å². The normalized spacial score (nSPS) is 11.5. The van der Waals surface area contributed by atoms with Gasteiger partial charge in [0.15, 0.2) is 11.6 Å². The predicted molar refractivity (Wildman–Crippen MR) is 112 cm³/mol. The van der Waals surface area contributed by atoms with Crippen molar-refractivity contribution in [1.29, 1.82) is 0 Å². The van der Waals surface area contributed by atoms with E-state index < -0.39 is 10.0 Å². The third-order valence-corrected chi connectivity index (χ3v) is 5.49. The highest BCUT2D eigenvalue weighted by molar-refractivity contribution is 7.89. The van der Waals surface area contributed by atoms with Gasteiger partial charge in [-0.1, -0.05) is 18.2 Å². The number of phenols is 2. The number of nitrogens with two attached hydrogens (primary N) is 1. The average molecular weight is 422 g/mol. The highest BCUT2D eigenvalue weighted by atomic mass is 32.2. The van der Waals surface area contributed by atoms with E-state index in [-0.39, 0.29) is 22.2 Å². The molecule has 0 atom stereocenters. The van der Waals surface area contributed by atoms with Gasteiger partial charge in [0.1, 0.15) is 11.5 Å². The van der Waals surface area contributed by atoms with Gasteiger partial charge < -0.3 is 10.2 Å². The number of aryl methyl sites for hydroxylation is 1. The largest absolute Gasteiger partial charge is 0.507 e. The van der Waals surface area contributed by atoms with Crippen LogP contribution in [0.25, 0.3) is 28.5 Å². The number of aromatic nitrogens is 3. The van der Waals surface area contributed by atoms with E-state index in [1.54, 1.807) is 30.3 Å². The Morgan fingerprint density at radius 1 is 0.900 bits per heavy atom. The van der Waals surface area contributed by atoms with E-state index in [0.717, 1.165) is 5.56 Å². The molecule has 4 N–H and O–H groups in total. The Hall–Kier alpha value is -3.69. The third kappa shape index (κ3) is 3.63. The Labute approximate surface area is 172 Å². The molecular formula is C21H18N4O4S. The minimum atomic E-state index is -3.84. The number of para-hydroxylation sites is 1. The molecule has 4 rings (SSSR count). The number of hydrogen-bond donors (Lipinski definition) is 3. The molecule has 0 radical (unpaired) electrons. The topological polar surface area (TPSA) is 131 Å². The number of hydrogen-bond acceptors (Lipinski definition) is 6. The van der Waals surface area contributed by atoms with Crippen molar-refractivity contribution in [2.45, 2.75) is 11.8 Å². The van der Waals surface area contributed by atoms with Crippen LogP contribution in [0, 0.1) is 6.92 Å². The maximum Gasteiger partial charge on any atom is 0.238 e. The number of primary sulfonamides is 1. The van der Waals surface area contributed by atoms with Crippen molar-refractivity contribution in [3.05, 3.63) is 72.3 Å².